The SMILES string of the molecule is Cc1cnc(CSCC2CNC2)c(C)c1[N+](=O)[O-]. The molecule has 5 nitrogen and oxygen atoms in total. The molecule has 1 aliphatic rings. The summed E-state index contributed by atoms with van der Waals surface area (Å²) >= 11 is 1.81. The van der Waals surface area contributed by atoms with Gasteiger partial charge in [0.05, 0.1) is 10.6 Å². The number of aromatic nitrogens is 1. The highest BCUT2D eigenvalue weighted by molar-refractivity contribution is 7.98. The average Bonchev–Trinajstić information content (AvgIpc) is 2.24. The summed E-state index contributed by atoms with van der Waals surface area (Å²) in [5, 5.41) is 14.2. The van der Waals surface area contributed by atoms with E-state index in [0.717, 1.165) is 36.2 Å². The second kappa shape index (κ2) is 5.67. The molecule has 0 aliphatic carbocycles. The Morgan fingerprint density at radius 1 is 1.56 bits per heavy atom. The topological polar surface area (TPSA) is 68.1 Å². The van der Waals surface area contributed by atoms with Gasteiger partial charge in [0.15, 0.2) is 0 Å². The van der Waals surface area contributed by atoms with E-state index >= 15 is 0 Å². The van der Waals surface area contributed by atoms with Crippen LogP contribution in [0.15, 0.2) is 6.20 Å². The second-order valence-electron chi connectivity index (χ2n) is 4.66. The third kappa shape index (κ3) is 2.81. The molecule has 6 heteroatoms. The molecule has 1 aromatic rings. The smallest absolute Gasteiger partial charge is 0.278 e. The number of aryl methyl sites for hydroxylation is 1. The molecule has 0 saturated carbocycles. The molecule has 1 fully saturated rings. The van der Waals surface area contributed by atoms with Crippen LogP contribution in [0.1, 0.15) is 16.8 Å². The first-order valence-corrected chi connectivity index (χ1v) is 7.13. The van der Waals surface area contributed by atoms with Gasteiger partial charge in [-0.25, -0.2) is 0 Å². The summed E-state index contributed by atoms with van der Waals surface area (Å²) in [4.78, 5) is 15.0. The van der Waals surface area contributed by atoms with Crippen LogP contribution in [0.2, 0.25) is 0 Å². The van der Waals surface area contributed by atoms with E-state index in [2.05, 4.69) is 10.3 Å². The van der Waals surface area contributed by atoms with Crippen molar-refractivity contribution >= 4 is 17.4 Å². The summed E-state index contributed by atoms with van der Waals surface area (Å²) in [6.07, 6.45) is 1.60. The fourth-order valence-electron chi connectivity index (χ4n) is 1.98. The van der Waals surface area contributed by atoms with E-state index in [1.165, 1.54) is 0 Å². The number of rotatable bonds is 5. The minimum absolute atomic E-state index is 0.214. The largest absolute Gasteiger partial charge is 0.316 e. The van der Waals surface area contributed by atoms with Gasteiger partial charge < -0.3 is 5.32 Å². The number of hydrogen-bond acceptors (Lipinski definition) is 5. The molecule has 0 unspecified atom stereocenters. The quantitative estimate of drug-likeness (QED) is 0.653. The molecule has 0 aromatic carbocycles. The molecular weight excluding hydrogens is 250 g/mol. The van der Waals surface area contributed by atoms with Gasteiger partial charge in [-0.15, -0.1) is 0 Å². The first-order chi connectivity index (χ1) is 8.59. The van der Waals surface area contributed by atoms with Crippen LogP contribution in [0, 0.1) is 29.9 Å². The van der Waals surface area contributed by atoms with E-state index in [4.69, 9.17) is 0 Å². The highest BCUT2D eigenvalue weighted by Crippen LogP contribution is 2.27. The van der Waals surface area contributed by atoms with Crippen LogP contribution in [0.25, 0.3) is 0 Å². The summed E-state index contributed by atoms with van der Waals surface area (Å²) < 4.78 is 0. The standard InChI is InChI=1S/C12H17N3O2S/c1-8-3-14-11(9(2)12(8)15(16)17)7-18-6-10-4-13-5-10/h3,10,13H,4-7H2,1-2H3. The molecule has 1 N–H and O–H groups in total. The minimum Gasteiger partial charge on any atom is -0.316 e. The lowest BCUT2D eigenvalue weighted by Gasteiger charge is -2.26. The maximum absolute atomic E-state index is 11.0. The normalized spacial score (nSPS) is 15.4. The Kier molecular flexibility index (Phi) is 4.19. The summed E-state index contributed by atoms with van der Waals surface area (Å²) in [6.45, 7) is 5.70. The van der Waals surface area contributed by atoms with Crippen molar-refractivity contribution < 1.29 is 4.92 Å². The van der Waals surface area contributed by atoms with E-state index in [1.54, 1.807) is 31.8 Å². The van der Waals surface area contributed by atoms with Crippen molar-refractivity contribution in [1.29, 1.82) is 0 Å². The molecule has 98 valence electrons. The molecule has 1 aliphatic heterocycles. The Morgan fingerprint density at radius 2 is 2.28 bits per heavy atom. The molecule has 2 heterocycles. The van der Waals surface area contributed by atoms with Crippen molar-refractivity contribution in [2.45, 2.75) is 19.6 Å². The molecule has 1 saturated heterocycles. The van der Waals surface area contributed by atoms with Crippen LogP contribution >= 0.6 is 11.8 Å². The van der Waals surface area contributed by atoms with Crippen molar-refractivity contribution in [3.63, 3.8) is 0 Å². The summed E-state index contributed by atoms with van der Waals surface area (Å²) in [6, 6.07) is 0. The first kappa shape index (κ1) is 13.3. The van der Waals surface area contributed by atoms with Gasteiger partial charge in [0.25, 0.3) is 5.69 Å². The highest BCUT2D eigenvalue weighted by atomic mass is 32.2. The summed E-state index contributed by atoms with van der Waals surface area (Å²) in [5.41, 5.74) is 2.39. The molecule has 0 spiro atoms. The summed E-state index contributed by atoms with van der Waals surface area (Å²) in [5.74, 6) is 2.59. The van der Waals surface area contributed by atoms with E-state index in [9.17, 15) is 10.1 Å². The van der Waals surface area contributed by atoms with Crippen molar-refractivity contribution in [3.05, 3.63) is 33.1 Å². The third-order valence-electron chi connectivity index (χ3n) is 3.22. The zero-order valence-electron chi connectivity index (χ0n) is 10.6. The Hall–Kier alpha value is -1.14. The van der Waals surface area contributed by atoms with Crippen LogP contribution in [-0.4, -0.2) is 28.7 Å². The molecular formula is C12H17N3O2S. The van der Waals surface area contributed by atoms with E-state index in [1.807, 2.05) is 0 Å². The maximum atomic E-state index is 11.0. The van der Waals surface area contributed by atoms with Gasteiger partial charge >= 0.3 is 0 Å². The summed E-state index contributed by atoms with van der Waals surface area (Å²) in [7, 11) is 0. The Morgan fingerprint density at radius 3 is 2.83 bits per heavy atom. The Bertz CT molecular complexity index is 461. The van der Waals surface area contributed by atoms with Crippen LogP contribution in [-0.2, 0) is 5.75 Å². The molecule has 1 aromatic heterocycles. The fraction of sp³-hybridized carbons (Fsp3) is 0.583. The zero-order valence-corrected chi connectivity index (χ0v) is 11.4. The number of nitrogens with zero attached hydrogens (tertiary/aromatic N) is 2. The fourth-order valence-corrected chi connectivity index (χ4v) is 3.15. The van der Waals surface area contributed by atoms with Gasteiger partial charge in [0.2, 0.25) is 0 Å². The lowest BCUT2D eigenvalue weighted by atomic mass is 10.1. The van der Waals surface area contributed by atoms with Crippen LogP contribution < -0.4 is 5.32 Å². The van der Waals surface area contributed by atoms with Crippen molar-refractivity contribution in [1.82, 2.24) is 10.3 Å². The number of hydrogen-bond donors (Lipinski definition) is 1. The number of nitro groups is 1. The van der Waals surface area contributed by atoms with E-state index in [0.29, 0.717) is 11.1 Å². The average molecular weight is 267 g/mol. The van der Waals surface area contributed by atoms with Gasteiger partial charge in [-0.3, -0.25) is 15.1 Å². The monoisotopic (exact) mass is 267 g/mol. The highest BCUT2D eigenvalue weighted by Gasteiger charge is 2.20. The molecule has 0 atom stereocenters. The number of nitrogens with one attached hydrogen (secondary N) is 1. The van der Waals surface area contributed by atoms with Crippen molar-refractivity contribution in [2.24, 2.45) is 5.92 Å². The van der Waals surface area contributed by atoms with Crippen LogP contribution in [0.5, 0.6) is 0 Å². The van der Waals surface area contributed by atoms with Gasteiger partial charge in [0, 0.05) is 23.1 Å². The number of thioether (sulfide) groups is 1. The first-order valence-electron chi connectivity index (χ1n) is 5.97. The number of pyridine rings is 1. The van der Waals surface area contributed by atoms with Crippen molar-refractivity contribution in [2.75, 3.05) is 18.8 Å². The molecule has 0 amide bonds. The Balaban J connectivity index is 2.03. The van der Waals surface area contributed by atoms with Gasteiger partial charge in [0.1, 0.15) is 0 Å². The molecule has 0 radical (unpaired) electrons. The zero-order chi connectivity index (χ0) is 13.1. The van der Waals surface area contributed by atoms with E-state index in [-0.39, 0.29) is 10.6 Å². The van der Waals surface area contributed by atoms with E-state index < -0.39 is 0 Å². The van der Waals surface area contributed by atoms with Crippen molar-refractivity contribution in [3.8, 4) is 0 Å². The lowest BCUT2D eigenvalue weighted by Crippen LogP contribution is -2.43. The molecule has 0 bridgehead atoms. The molecule has 2 rings (SSSR count). The van der Waals surface area contributed by atoms with Crippen LogP contribution in [0.4, 0.5) is 5.69 Å². The predicted octanol–water partition coefficient (Wildman–Crippen LogP) is 2.06. The minimum atomic E-state index is -0.309. The third-order valence-corrected chi connectivity index (χ3v) is 4.40. The maximum Gasteiger partial charge on any atom is 0.278 e. The van der Waals surface area contributed by atoms with Crippen LogP contribution in [0.3, 0.4) is 0 Å². The Labute approximate surface area is 111 Å². The molecule has 18 heavy (non-hydrogen) atoms. The lowest BCUT2D eigenvalue weighted by molar-refractivity contribution is -0.386. The second-order valence-corrected chi connectivity index (χ2v) is 5.69. The van der Waals surface area contributed by atoms with Gasteiger partial charge in [-0.1, -0.05) is 0 Å². The van der Waals surface area contributed by atoms with Gasteiger partial charge in [-0.05, 0) is 38.6 Å². The van der Waals surface area contributed by atoms with Gasteiger partial charge in [-0.2, -0.15) is 11.8 Å². The predicted molar refractivity (Wildman–Crippen MR) is 72.9 cm³/mol.